The van der Waals surface area contributed by atoms with E-state index < -0.39 is 0 Å². The standard InChI is InChI=1S/C15H15FN2/c1-17-15-6-5-13-12(3-2-4-14(13)15)10-7-11(16)9-18-8-10/h2-4,7-9,15,17H,5-6H2,1H3. The second-order valence-corrected chi connectivity index (χ2v) is 4.65. The van der Waals surface area contributed by atoms with Gasteiger partial charge in [0.2, 0.25) is 0 Å². The summed E-state index contributed by atoms with van der Waals surface area (Å²) in [7, 11) is 1.98. The predicted octanol–water partition coefficient (Wildman–Crippen LogP) is 3.09. The topological polar surface area (TPSA) is 24.9 Å². The van der Waals surface area contributed by atoms with Gasteiger partial charge in [-0.3, -0.25) is 4.98 Å². The van der Waals surface area contributed by atoms with Gasteiger partial charge in [-0.2, -0.15) is 0 Å². The Kier molecular flexibility index (Phi) is 2.84. The van der Waals surface area contributed by atoms with Crippen molar-refractivity contribution in [2.45, 2.75) is 18.9 Å². The molecule has 0 spiro atoms. The average Bonchev–Trinajstić information content (AvgIpc) is 2.81. The summed E-state index contributed by atoms with van der Waals surface area (Å²) in [6.45, 7) is 0. The van der Waals surface area contributed by atoms with Crippen molar-refractivity contribution < 1.29 is 4.39 Å². The molecule has 0 bridgehead atoms. The highest BCUT2D eigenvalue weighted by Gasteiger charge is 2.23. The molecule has 3 heteroatoms. The summed E-state index contributed by atoms with van der Waals surface area (Å²) < 4.78 is 13.3. The average molecular weight is 242 g/mol. The zero-order chi connectivity index (χ0) is 12.5. The third kappa shape index (κ3) is 1.81. The minimum atomic E-state index is -0.284. The lowest BCUT2D eigenvalue weighted by Gasteiger charge is -2.12. The highest BCUT2D eigenvalue weighted by molar-refractivity contribution is 5.69. The van der Waals surface area contributed by atoms with E-state index in [-0.39, 0.29) is 5.82 Å². The lowest BCUT2D eigenvalue weighted by atomic mass is 9.97. The monoisotopic (exact) mass is 242 g/mol. The van der Waals surface area contributed by atoms with Crippen molar-refractivity contribution in [2.24, 2.45) is 0 Å². The summed E-state index contributed by atoms with van der Waals surface area (Å²) in [4.78, 5) is 3.93. The Bertz CT molecular complexity index is 580. The van der Waals surface area contributed by atoms with Gasteiger partial charge in [-0.25, -0.2) is 4.39 Å². The summed E-state index contributed by atoms with van der Waals surface area (Å²) in [6.07, 6.45) is 5.10. The van der Waals surface area contributed by atoms with E-state index in [1.807, 2.05) is 19.2 Å². The molecule has 0 radical (unpaired) electrons. The summed E-state index contributed by atoms with van der Waals surface area (Å²) in [5.74, 6) is -0.284. The van der Waals surface area contributed by atoms with E-state index in [9.17, 15) is 4.39 Å². The maximum Gasteiger partial charge on any atom is 0.142 e. The second-order valence-electron chi connectivity index (χ2n) is 4.65. The molecule has 0 saturated carbocycles. The van der Waals surface area contributed by atoms with E-state index in [4.69, 9.17) is 0 Å². The van der Waals surface area contributed by atoms with Gasteiger partial charge < -0.3 is 5.32 Å². The number of aromatic nitrogens is 1. The summed E-state index contributed by atoms with van der Waals surface area (Å²) in [5, 5.41) is 3.32. The van der Waals surface area contributed by atoms with Gasteiger partial charge in [-0.1, -0.05) is 18.2 Å². The molecule has 1 heterocycles. The Morgan fingerprint density at radius 2 is 2.22 bits per heavy atom. The first-order valence-corrected chi connectivity index (χ1v) is 6.19. The maximum atomic E-state index is 13.3. The Morgan fingerprint density at radius 3 is 3.00 bits per heavy atom. The molecule has 3 rings (SSSR count). The fourth-order valence-corrected chi connectivity index (χ4v) is 2.78. The first-order valence-electron chi connectivity index (χ1n) is 6.19. The molecule has 2 aromatic rings. The number of hydrogen-bond acceptors (Lipinski definition) is 2. The van der Waals surface area contributed by atoms with Gasteiger partial charge in [0, 0.05) is 17.8 Å². The molecule has 0 fully saturated rings. The van der Waals surface area contributed by atoms with Crippen molar-refractivity contribution in [3.05, 3.63) is 53.6 Å². The summed E-state index contributed by atoms with van der Waals surface area (Å²) in [6, 6.07) is 8.21. The van der Waals surface area contributed by atoms with Crippen LogP contribution < -0.4 is 5.32 Å². The van der Waals surface area contributed by atoms with Gasteiger partial charge in [-0.05, 0) is 42.6 Å². The first kappa shape index (κ1) is 11.4. The Balaban J connectivity index is 2.12. The third-order valence-electron chi connectivity index (χ3n) is 3.64. The van der Waals surface area contributed by atoms with Crippen molar-refractivity contribution in [1.82, 2.24) is 10.3 Å². The molecule has 0 aliphatic heterocycles. The number of pyridine rings is 1. The van der Waals surface area contributed by atoms with Crippen molar-refractivity contribution in [3.8, 4) is 11.1 Å². The number of nitrogens with zero attached hydrogens (tertiary/aromatic N) is 1. The van der Waals surface area contributed by atoms with E-state index in [1.165, 1.54) is 17.3 Å². The largest absolute Gasteiger partial charge is 0.313 e. The molecule has 1 N–H and O–H groups in total. The fourth-order valence-electron chi connectivity index (χ4n) is 2.78. The molecule has 18 heavy (non-hydrogen) atoms. The Morgan fingerprint density at radius 1 is 1.33 bits per heavy atom. The van der Waals surface area contributed by atoms with Crippen molar-refractivity contribution in [1.29, 1.82) is 0 Å². The molecule has 1 aromatic heterocycles. The van der Waals surface area contributed by atoms with Crippen LogP contribution in [0.5, 0.6) is 0 Å². The number of halogens is 1. The summed E-state index contributed by atoms with van der Waals surface area (Å²) in [5.41, 5.74) is 4.63. The number of fused-ring (bicyclic) bond motifs is 1. The van der Waals surface area contributed by atoms with Gasteiger partial charge in [0.05, 0.1) is 6.20 Å². The minimum absolute atomic E-state index is 0.284. The van der Waals surface area contributed by atoms with Crippen LogP contribution in [0.1, 0.15) is 23.6 Å². The van der Waals surface area contributed by atoms with E-state index >= 15 is 0 Å². The predicted molar refractivity (Wildman–Crippen MR) is 69.8 cm³/mol. The zero-order valence-electron chi connectivity index (χ0n) is 10.3. The third-order valence-corrected chi connectivity index (χ3v) is 3.64. The number of hydrogen-bond donors (Lipinski definition) is 1. The second kappa shape index (κ2) is 4.50. The molecule has 1 unspecified atom stereocenters. The molecule has 1 atom stereocenters. The SMILES string of the molecule is CNC1CCc2c(-c3cncc(F)c3)cccc21. The van der Waals surface area contributed by atoms with Gasteiger partial charge in [0.25, 0.3) is 0 Å². The molecule has 92 valence electrons. The van der Waals surface area contributed by atoms with Crippen LogP contribution in [0.3, 0.4) is 0 Å². The van der Waals surface area contributed by atoms with Crippen LogP contribution in [0, 0.1) is 5.82 Å². The van der Waals surface area contributed by atoms with E-state index in [0.717, 1.165) is 24.0 Å². The fraction of sp³-hybridized carbons (Fsp3) is 0.267. The van der Waals surface area contributed by atoms with Crippen LogP contribution in [-0.4, -0.2) is 12.0 Å². The van der Waals surface area contributed by atoms with Crippen LogP contribution in [0.25, 0.3) is 11.1 Å². The quantitative estimate of drug-likeness (QED) is 0.875. The molecule has 1 aliphatic rings. The first-order chi connectivity index (χ1) is 8.79. The molecular weight excluding hydrogens is 227 g/mol. The number of rotatable bonds is 2. The van der Waals surface area contributed by atoms with Crippen molar-refractivity contribution in [2.75, 3.05) is 7.05 Å². The molecule has 1 aliphatic carbocycles. The lowest BCUT2D eigenvalue weighted by molar-refractivity contribution is 0.590. The smallest absolute Gasteiger partial charge is 0.142 e. The van der Waals surface area contributed by atoms with Gasteiger partial charge in [0.15, 0.2) is 0 Å². The number of benzene rings is 1. The van der Waals surface area contributed by atoms with Crippen LogP contribution in [0.4, 0.5) is 4.39 Å². The molecule has 0 amide bonds. The highest BCUT2D eigenvalue weighted by atomic mass is 19.1. The van der Waals surface area contributed by atoms with Gasteiger partial charge in [0.1, 0.15) is 5.82 Å². The van der Waals surface area contributed by atoms with Crippen LogP contribution in [0.2, 0.25) is 0 Å². The highest BCUT2D eigenvalue weighted by Crippen LogP contribution is 2.37. The Labute approximate surface area is 106 Å². The van der Waals surface area contributed by atoms with Crippen molar-refractivity contribution >= 4 is 0 Å². The van der Waals surface area contributed by atoms with Crippen LogP contribution >= 0.6 is 0 Å². The van der Waals surface area contributed by atoms with E-state index in [0.29, 0.717) is 6.04 Å². The van der Waals surface area contributed by atoms with E-state index in [2.05, 4.69) is 16.4 Å². The molecule has 0 saturated heterocycles. The molecule has 2 nitrogen and oxygen atoms in total. The molecular formula is C15H15FN2. The van der Waals surface area contributed by atoms with Gasteiger partial charge >= 0.3 is 0 Å². The Hall–Kier alpha value is -1.74. The maximum absolute atomic E-state index is 13.3. The lowest BCUT2D eigenvalue weighted by Crippen LogP contribution is -2.12. The van der Waals surface area contributed by atoms with Gasteiger partial charge in [-0.15, -0.1) is 0 Å². The normalized spacial score (nSPS) is 17.8. The summed E-state index contributed by atoms with van der Waals surface area (Å²) >= 11 is 0. The van der Waals surface area contributed by atoms with Crippen LogP contribution in [-0.2, 0) is 6.42 Å². The zero-order valence-corrected chi connectivity index (χ0v) is 10.3. The van der Waals surface area contributed by atoms with E-state index in [1.54, 1.807) is 12.3 Å². The van der Waals surface area contributed by atoms with Crippen LogP contribution in [0.15, 0.2) is 36.7 Å². The minimum Gasteiger partial charge on any atom is -0.313 e. The van der Waals surface area contributed by atoms with Crippen molar-refractivity contribution in [3.63, 3.8) is 0 Å². The number of nitrogens with one attached hydrogen (secondary N) is 1. The molecule has 1 aromatic carbocycles.